The summed E-state index contributed by atoms with van der Waals surface area (Å²) in [6, 6.07) is 15.4. The number of nitrogens with one attached hydrogen (secondary N) is 1. The summed E-state index contributed by atoms with van der Waals surface area (Å²) >= 11 is 6.33. The summed E-state index contributed by atoms with van der Waals surface area (Å²) in [7, 11) is 3.42. The maximum Gasteiger partial charge on any atom is 0.258 e. The van der Waals surface area contributed by atoms with Crippen LogP contribution in [0.4, 0.5) is 5.69 Å². The molecule has 2 N–H and O–H groups in total. The molecule has 2 fully saturated rings. The number of hydrogen-bond acceptors (Lipinski definition) is 5. The minimum atomic E-state index is -1.51. The Hall–Kier alpha value is -2.61. The van der Waals surface area contributed by atoms with Crippen molar-refractivity contribution >= 4 is 29.1 Å². The minimum Gasteiger partial charge on any atom is -0.380 e. The number of hydrogen-bond donors (Lipinski definition) is 2. The van der Waals surface area contributed by atoms with E-state index in [1.807, 2.05) is 30.3 Å². The SMILES string of the molecule is CN(C)C(=O)c1ccc(NC2CN(C3CCN(C(=O)[C@@](C)(O)c4ccccc4)CC3)C2)cc1Cl. The first-order chi connectivity index (χ1) is 16.2. The van der Waals surface area contributed by atoms with Crippen molar-refractivity contribution in [1.29, 1.82) is 0 Å². The maximum absolute atomic E-state index is 13.0. The molecule has 0 saturated carbocycles. The molecule has 2 heterocycles. The fourth-order valence-electron chi connectivity index (χ4n) is 4.79. The Kier molecular flexibility index (Phi) is 7.17. The van der Waals surface area contributed by atoms with E-state index in [0.717, 1.165) is 31.6 Å². The molecule has 0 spiro atoms. The van der Waals surface area contributed by atoms with Gasteiger partial charge < -0.3 is 20.2 Å². The molecule has 1 atom stereocenters. The molecule has 2 saturated heterocycles. The van der Waals surface area contributed by atoms with Crippen molar-refractivity contribution in [2.45, 2.75) is 37.5 Å². The van der Waals surface area contributed by atoms with Crippen LogP contribution < -0.4 is 5.32 Å². The molecular formula is C26H33ClN4O3. The number of benzene rings is 2. The van der Waals surface area contributed by atoms with Crippen LogP contribution in [0.1, 0.15) is 35.7 Å². The highest BCUT2D eigenvalue weighted by atomic mass is 35.5. The maximum atomic E-state index is 13.0. The molecule has 2 aliphatic heterocycles. The van der Waals surface area contributed by atoms with Crippen molar-refractivity contribution < 1.29 is 14.7 Å². The number of halogens is 1. The lowest BCUT2D eigenvalue weighted by atomic mass is 9.92. The Morgan fingerprint density at radius 1 is 1.09 bits per heavy atom. The van der Waals surface area contributed by atoms with Crippen LogP contribution in [0.25, 0.3) is 0 Å². The molecule has 2 aliphatic rings. The molecule has 0 aliphatic carbocycles. The van der Waals surface area contributed by atoms with Gasteiger partial charge in [-0.1, -0.05) is 41.9 Å². The largest absolute Gasteiger partial charge is 0.380 e. The van der Waals surface area contributed by atoms with E-state index >= 15 is 0 Å². The zero-order chi connectivity index (χ0) is 24.5. The van der Waals surface area contributed by atoms with Gasteiger partial charge in [-0.3, -0.25) is 14.5 Å². The summed E-state index contributed by atoms with van der Waals surface area (Å²) in [5, 5.41) is 14.8. The molecule has 2 amide bonds. The van der Waals surface area contributed by atoms with Gasteiger partial charge >= 0.3 is 0 Å². The summed E-state index contributed by atoms with van der Waals surface area (Å²) in [6.07, 6.45) is 1.80. The van der Waals surface area contributed by atoms with E-state index in [4.69, 9.17) is 11.6 Å². The number of nitrogens with zero attached hydrogens (tertiary/aromatic N) is 3. The first-order valence-electron chi connectivity index (χ1n) is 11.8. The third kappa shape index (κ3) is 5.06. The van der Waals surface area contributed by atoms with E-state index in [1.165, 1.54) is 4.90 Å². The molecular weight excluding hydrogens is 452 g/mol. The molecule has 2 aromatic carbocycles. The van der Waals surface area contributed by atoms with Crippen molar-refractivity contribution in [3.05, 3.63) is 64.7 Å². The molecule has 182 valence electrons. The number of likely N-dealkylation sites (tertiary alicyclic amines) is 2. The molecule has 0 aromatic heterocycles. The van der Waals surface area contributed by atoms with Gasteiger partial charge in [0.1, 0.15) is 0 Å². The van der Waals surface area contributed by atoms with E-state index in [9.17, 15) is 14.7 Å². The Balaban J connectivity index is 1.25. The van der Waals surface area contributed by atoms with Crippen molar-refractivity contribution in [3.8, 4) is 0 Å². The number of anilines is 1. The van der Waals surface area contributed by atoms with Crippen LogP contribution in [0.5, 0.6) is 0 Å². The molecule has 0 radical (unpaired) electrons. The van der Waals surface area contributed by atoms with Gasteiger partial charge in [-0.2, -0.15) is 0 Å². The highest BCUT2D eigenvalue weighted by molar-refractivity contribution is 6.34. The zero-order valence-electron chi connectivity index (χ0n) is 20.0. The molecule has 2 aromatic rings. The Morgan fingerprint density at radius 2 is 1.74 bits per heavy atom. The van der Waals surface area contributed by atoms with E-state index < -0.39 is 5.60 Å². The van der Waals surface area contributed by atoms with Crippen molar-refractivity contribution in [3.63, 3.8) is 0 Å². The molecule has 8 heteroatoms. The van der Waals surface area contributed by atoms with Crippen LogP contribution in [0.3, 0.4) is 0 Å². The number of piperidine rings is 1. The Bertz CT molecular complexity index is 1030. The third-order valence-corrected chi connectivity index (χ3v) is 7.22. The minimum absolute atomic E-state index is 0.110. The van der Waals surface area contributed by atoms with Gasteiger partial charge in [0, 0.05) is 52.0 Å². The van der Waals surface area contributed by atoms with Crippen LogP contribution in [0.15, 0.2) is 48.5 Å². The van der Waals surface area contributed by atoms with Crippen LogP contribution >= 0.6 is 11.6 Å². The van der Waals surface area contributed by atoms with E-state index in [0.29, 0.717) is 41.3 Å². The average Bonchev–Trinajstić information content (AvgIpc) is 2.81. The topological polar surface area (TPSA) is 76.1 Å². The van der Waals surface area contributed by atoms with Crippen molar-refractivity contribution in [2.75, 3.05) is 45.6 Å². The summed E-state index contributed by atoms with van der Waals surface area (Å²) < 4.78 is 0. The van der Waals surface area contributed by atoms with Gasteiger partial charge in [0.2, 0.25) is 0 Å². The van der Waals surface area contributed by atoms with Gasteiger partial charge in [-0.15, -0.1) is 0 Å². The quantitative estimate of drug-likeness (QED) is 0.659. The summed E-state index contributed by atoms with van der Waals surface area (Å²) in [4.78, 5) is 30.9. The summed E-state index contributed by atoms with van der Waals surface area (Å²) in [5.41, 5.74) is 0.528. The lowest BCUT2D eigenvalue weighted by Crippen LogP contribution is -2.61. The monoisotopic (exact) mass is 484 g/mol. The second kappa shape index (κ2) is 9.94. The molecule has 0 unspecified atom stereocenters. The standard InChI is InChI=1S/C26H33ClN4O3/c1-26(34,18-7-5-4-6-8-18)25(33)30-13-11-21(12-14-30)31-16-20(17-31)28-19-9-10-22(23(27)15-19)24(32)29(2)3/h4-10,15,20-21,28,34H,11-14,16-17H2,1-3H3/t26-/m0/s1. The number of rotatable bonds is 6. The summed E-state index contributed by atoms with van der Waals surface area (Å²) in [6.45, 7) is 4.74. The fourth-order valence-corrected chi connectivity index (χ4v) is 5.05. The van der Waals surface area contributed by atoms with Crippen molar-refractivity contribution in [1.82, 2.24) is 14.7 Å². The first kappa shape index (κ1) is 24.5. The van der Waals surface area contributed by atoms with Gasteiger partial charge in [-0.05, 0) is 43.5 Å². The predicted molar refractivity (Wildman–Crippen MR) is 134 cm³/mol. The zero-order valence-corrected chi connectivity index (χ0v) is 20.8. The van der Waals surface area contributed by atoms with Crippen molar-refractivity contribution in [2.24, 2.45) is 0 Å². The van der Waals surface area contributed by atoms with Crippen LogP contribution in [-0.4, -0.2) is 84.0 Å². The molecule has 0 bridgehead atoms. The second-order valence-corrected chi connectivity index (χ2v) is 10.1. The van der Waals surface area contributed by atoms with Crippen LogP contribution in [0, 0.1) is 0 Å². The van der Waals surface area contributed by atoms with Crippen LogP contribution in [-0.2, 0) is 10.4 Å². The lowest BCUT2D eigenvalue weighted by molar-refractivity contribution is -0.152. The predicted octanol–water partition coefficient (Wildman–Crippen LogP) is 3.04. The number of carbonyl (C=O) groups is 2. The van der Waals surface area contributed by atoms with Gasteiger partial charge in [0.15, 0.2) is 5.60 Å². The Labute approximate surface area is 206 Å². The van der Waals surface area contributed by atoms with Gasteiger partial charge in [0.05, 0.1) is 16.6 Å². The highest BCUT2D eigenvalue weighted by Crippen LogP contribution is 2.29. The smallest absolute Gasteiger partial charge is 0.258 e. The van der Waals surface area contributed by atoms with E-state index in [1.54, 1.807) is 44.1 Å². The third-order valence-electron chi connectivity index (χ3n) is 6.91. The summed E-state index contributed by atoms with van der Waals surface area (Å²) in [5.74, 6) is -0.338. The second-order valence-electron chi connectivity index (χ2n) is 9.65. The lowest BCUT2D eigenvalue weighted by Gasteiger charge is -2.48. The molecule has 4 rings (SSSR count). The normalized spacial score (nSPS) is 19.3. The number of amides is 2. The number of aliphatic hydroxyl groups is 1. The van der Waals surface area contributed by atoms with Crippen LogP contribution in [0.2, 0.25) is 5.02 Å². The molecule has 7 nitrogen and oxygen atoms in total. The Morgan fingerprint density at radius 3 is 2.32 bits per heavy atom. The van der Waals surface area contributed by atoms with Gasteiger partial charge in [0.25, 0.3) is 11.8 Å². The highest BCUT2D eigenvalue weighted by Gasteiger charge is 2.40. The van der Waals surface area contributed by atoms with E-state index in [2.05, 4.69) is 10.2 Å². The number of carbonyl (C=O) groups excluding carboxylic acids is 2. The molecule has 34 heavy (non-hydrogen) atoms. The average molecular weight is 485 g/mol. The fraction of sp³-hybridized carbons (Fsp3) is 0.462. The first-order valence-corrected chi connectivity index (χ1v) is 12.1. The van der Waals surface area contributed by atoms with Gasteiger partial charge in [-0.25, -0.2) is 0 Å². The van der Waals surface area contributed by atoms with E-state index in [-0.39, 0.29) is 11.8 Å².